The van der Waals surface area contributed by atoms with E-state index in [1.54, 1.807) is 0 Å². The lowest BCUT2D eigenvalue weighted by atomic mass is 9.80. The SMILES string of the molecule is O=C(O)CN1CCCN(C(=O)C2CCC(C(=O)N3CCCc4ccccc43)CC2)CC1. The largest absolute Gasteiger partial charge is 0.480 e. The first-order chi connectivity index (χ1) is 15.0. The number of carbonyl (C=O) groups is 3. The number of hydrogen-bond donors (Lipinski definition) is 1. The van der Waals surface area contributed by atoms with Crippen LogP contribution in [0.3, 0.4) is 0 Å². The summed E-state index contributed by atoms with van der Waals surface area (Å²) in [5.74, 6) is -0.420. The van der Waals surface area contributed by atoms with E-state index >= 15 is 0 Å². The average Bonchev–Trinajstić information content (AvgIpc) is 3.03. The van der Waals surface area contributed by atoms with Crippen molar-refractivity contribution in [3.63, 3.8) is 0 Å². The molecule has 1 aliphatic carbocycles. The van der Waals surface area contributed by atoms with Crippen LogP contribution in [0.25, 0.3) is 0 Å². The summed E-state index contributed by atoms with van der Waals surface area (Å²) in [4.78, 5) is 43.1. The number of carboxylic acid groups (broad SMARTS) is 1. The Morgan fingerprint density at radius 2 is 1.55 bits per heavy atom. The molecule has 2 amide bonds. The van der Waals surface area contributed by atoms with Crippen LogP contribution >= 0.6 is 0 Å². The van der Waals surface area contributed by atoms with Gasteiger partial charge in [0.05, 0.1) is 6.54 Å². The number of aliphatic carboxylic acids is 1. The van der Waals surface area contributed by atoms with Gasteiger partial charge in [0.2, 0.25) is 11.8 Å². The van der Waals surface area contributed by atoms with E-state index in [-0.39, 0.29) is 30.2 Å². The van der Waals surface area contributed by atoms with Gasteiger partial charge in [0, 0.05) is 50.2 Å². The van der Waals surface area contributed by atoms with Gasteiger partial charge in [-0.3, -0.25) is 19.3 Å². The van der Waals surface area contributed by atoms with Crippen LogP contribution < -0.4 is 4.90 Å². The number of hydrogen-bond acceptors (Lipinski definition) is 4. The van der Waals surface area contributed by atoms with E-state index in [2.05, 4.69) is 12.1 Å². The summed E-state index contributed by atoms with van der Waals surface area (Å²) < 4.78 is 0. The number of anilines is 1. The minimum atomic E-state index is -0.820. The fraction of sp³-hybridized carbons (Fsp3) is 0.625. The lowest BCUT2D eigenvalue weighted by molar-refractivity contribution is -0.138. The molecule has 2 heterocycles. The summed E-state index contributed by atoms with van der Waals surface area (Å²) in [6.45, 7) is 3.44. The summed E-state index contributed by atoms with van der Waals surface area (Å²) in [5.41, 5.74) is 2.32. The van der Waals surface area contributed by atoms with Gasteiger partial charge in [0.25, 0.3) is 0 Å². The number of fused-ring (bicyclic) bond motifs is 1. The van der Waals surface area contributed by atoms with Gasteiger partial charge in [-0.25, -0.2) is 0 Å². The molecule has 1 saturated heterocycles. The number of carbonyl (C=O) groups excluding carboxylic acids is 2. The van der Waals surface area contributed by atoms with Gasteiger partial charge in [-0.2, -0.15) is 0 Å². The smallest absolute Gasteiger partial charge is 0.317 e. The third-order valence-electron chi connectivity index (χ3n) is 7.06. The quantitative estimate of drug-likeness (QED) is 0.798. The highest BCUT2D eigenvalue weighted by Crippen LogP contribution is 2.34. The molecule has 0 atom stereocenters. The van der Waals surface area contributed by atoms with Crippen molar-refractivity contribution >= 4 is 23.5 Å². The predicted molar refractivity (Wildman–Crippen MR) is 118 cm³/mol. The minimum Gasteiger partial charge on any atom is -0.480 e. The standard InChI is InChI=1S/C24H33N3O4/c28-22(29)17-25-12-4-13-26(16-15-25)23(30)19-8-10-20(11-9-19)24(31)27-14-3-6-18-5-1-2-7-21(18)27/h1-2,5,7,19-20H,3-4,6,8-17H2,(H,28,29). The van der Waals surface area contributed by atoms with Crippen LogP contribution in [0, 0.1) is 11.8 Å². The van der Waals surface area contributed by atoms with Gasteiger partial charge in [-0.1, -0.05) is 18.2 Å². The summed E-state index contributed by atoms with van der Waals surface area (Å²) in [6.07, 6.45) is 5.91. The lowest BCUT2D eigenvalue weighted by Gasteiger charge is -2.36. The van der Waals surface area contributed by atoms with Crippen molar-refractivity contribution in [3.8, 4) is 0 Å². The molecular weight excluding hydrogens is 394 g/mol. The van der Waals surface area contributed by atoms with E-state index in [0.29, 0.717) is 26.2 Å². The molecule has 0 aromatic heterocycles. The topological polar surface area (TPSA) is 81.2 Å². The van der Waals surface area contributed by atoms with Crippen LogP contribution in [-0.4, -0.2) is 72.0 Å². The number of aryl methyl sites for hydroxylation is 1. The number of rotatable bonds is 4. The summed E-state index contributed by atoms with van der Waals surface area (Å²) in [7, 11) is 0. The fourth-order valence-electron chi connectivity index (χ4n) is 5.37. The van der Waals surface area contributed by atoms with Gasteiger partial charge in [0.1, 0.15) is 0 Å². The molecule has 3 aliphatic rings. The molecule has 2 aliphatic heterocycles. The third kappa shape index (κ3) is 5.09. The van der Waals surface area contributed by atoms with Crippen LogP contribution in [0.15, 0.2) is 24.3 Å². The van der Waals surface area contributed by atoms with Crippen molar-refractivity contribution < 1.29 is 19.5 Å². The van der Waals surface area contributed by atoms with E-state index in [0.717, 1.165) is 57.2 Å². The maximum atomic E-state index is 13.2. The minimum absolute atomic E-state index is 0.00500. The highest BCUT2D eigenvalue weighted by atomic mass is 16.4. The second kappa shape index (κ2) is 9.81. The Balaban J connectivity index is 1.30. The number of carboxylic acids is 1. The van der Waals surface area contributed by atoms with Crippen LogP contribution in [0.1, 0.15) is 44.1 Å². The molecule has 0 bridgehead atoms. The Labute approximate surface area is 184 Å². The third-order valence-corrected chi connectivity index (χ3v) is 7.06. The number of amides is 2. The van der Waals surface area contributed by atoms with Crippen molar-refractivity contribution in [2.45, 2.75) is 44.9 Å². The normalized spacial score (nSPS) is 24.9. The molecule has 0 unspecified atom stereocenters. The van der Waals surface area contributed by atoms with Crippen molar-refractivity contribution in [1.29, 1.82) is 0 Å². The van der Waals surface area contributed by atoms with Gasteiger partial charge in [-0.15, -0.1) is 0 Å². The van der Waals surface area contributed by atoms with Gasteiger partial charge < -0.3 is 14.9 Å². The molecular formula is C24H33N3O4. The van der Waals surface area contributed by atoms with Crippen molar-refractivity contribution in [3.05, 3.63) is 29.8 Å². The van der Waals surface area contributed by atoms with Gasteiger partial charge in [-0.05, 0) is 56.6 Å². The molecule has 1 aromatic rings. The molecule has 0 spiro atoms. The Kier molecular flexibility index (Phi) is 6.90. The van der Waals surface area contributed by atoms with Crippen molar-refractivity contribution in [2.24, 2.45) is 11.8 Å². The van der Waals surface area contributed by atoms with Crippen molar-refractivity contribution in [2.75, 3.05) is 44.2 Å². The van der Waals surface area contributed by atoms with E-state index in [1.807, 2.05) is 26.8 Å². The first-order valence-corrected chi connectivity index (χ1v) is 11.6. The number of para-hydroxylation sites is 1. The summed E-state index contributed by atoms with van der Waals surface area (Å²) in [6, 6.07) is 8.20. The maximum absolute atomic E-state index is 13.2. The zero-order chi connectivity index (χ0) is 21.8. The molecule has 7 heteroatoms. The predicted octanol–water partition coefficient (Wildman–Crippen LogP) is 2.39. The molecule has 1 N–H and O–H groups in total. The first kappa shape index (κ1) is 21.8. The van der Waals surface area contributed by atoms with E-state index in [4.69, 9.17) is 5.11 Å². The zero-order valence-corrected chi connectivity index (χ0v) is 18.2. The number of nitrogens with zero attached hydrogens (tertiary/aromatic N) is 3. The monoisotopic (exact) mass is 427 g/mol. The molecule has 1 aromatic carbocycles. The second-order valence-electron chi connectivity index (χ2n) is 9.12. The molecule has 168 valence electrons. The van der Waals surface area contributed by atoms with Crippen LogP contribution in [0.5, 0.6) is 0 Å². The molecule has 31 heavy (non-hydrogen) atoms. The molecule has 2 fully saturated rings. The Bertz CT molecular complexity index is 819. The molecule has 7 nitrogen and oxygen atoms in total. The van der Waals surface area contributed by atoms with Crippen LogP contribution in [0.4, 0.5) is 5.69 Å². The lowest BCUT2D eigenvalue weighted by Crippen LogP contribution is -2.43. The van der Waals surface area contributed by atoms with Crippen LogP contribution in [-0.2, 0) is 20.8 Å². The maximum Gasteiger partial charge on any atom is 0.317 e. The first-order valence-electron chi connectivity index (χ1n) is 11.6. The van der Waals surface area contributed by atoms with E-state index < -0.39 is 5.97 Å². The van der Waals surface area contributed by atoms with Crippen LogP contribution in [0.2, 0.25) is 0 Å². The van der Waals surface area contributed by atoms with E-state index in [1.165, 1.54) is 5.56 Å². The molecule has 4 rings (SSSR count). The zero-order valence-electron chi connectivity index (χ0n) is 18.2. The van der Waals surface area contributed by atoms with E-state index in [9.17, 15) is 14.4 Å². The highest BCUT2D eigenvalue weighted by molar-refractivity contribution is 5.96. The molecule has 1 saturated carbocycles. The molecule has 0 radical (unpaired) electrons. The Morgan fingerprint density at radius 3 is 2.29 bits per heavy atom. The number of benzene rings is 1. The fourth-order valence-corrected chi connectivity index (χ4v) is 5.37. The Morgan fingerprint density at radius 1 is 0.839 bits per heavy atom. The average molecular weight is 428 g/mol. The van der Waals surface area contributed by atoms with Gasteiger partial charge >= 0.3 is 5.97 Å². The highest BCUT2D eigenvalue weighted by Gasteiger charge is 2.35. The van der Waals surface area contributed by atoms with Gasteiger partial charge in [0.15, 0.2) is 0 Å². The second-order valence-corrected chi connectivity index (χ2v) is 9.12. The van der Waals surface area contributed by atoms with Crippen molar-refractivity contribution in [1.82, 2.24) is 9.80 Å². The summed E-state index contributed by atoms with van der Waals surface area (Å²) >= 11 is 0. The Hall–Kier alpha value is -2.41. The summed E-state index contributed by atoms with van der Waals surface area (Å²) in [5, 5.41) is 9.00.